The number of ether oxygens (including phenoxy) is 1. The first kappa shape index (κ1) is 16.9. The Morgan fingerprint density at radius 3 is 2.84 bits per heavy atom. The number of carbonyl (C=O) groups excluding carboxylic acids is 1. The van der Waals surface area contributed by atoms with Crippen LogP contribution in [0.4, 0.5) is 10.5 Å². The smallest absolute Gasteiger partial charge is 0.319 e. The van der Waals surface area contributed by atoms with Gasteiger partial charge < -0.3 is 15.4 Å². The van der Waals surface area contributed by atoms with E-state index < -0.39 is 0 Å². The minimum Gasteiger partial charge on any atom is -0.485 e. The molecule has 128 valence electrons. The lowest BCUT2D eigenvalue weighted by molar-refractivity contribution is 0.252. The van der Waals surface area contributed by atoms with Crippen LogP contribution in [0.25, 0.3) is 0 Å². The maximum absolute atomic E-state index is 11.8. The first-order valence-electron chi connectivity index (χ1n) is 7.85. The van der Waals surface area contributed by atoms with Gasteiger partial charge in [0.25, 0.3) is 0 Å². The summed E-state index contributed by atoms with van der Waals surface area (Å²) in [6, 6.07) is 12.8. The van der Waals surface area contributed by atoms with Crippen LogP contribution in [-0.2, 0) is 13.0 Å². The largest absolute Gasteiger partial charge is 0.485 e. The molecule has 0 aliphatic heterocycles. The molecule has 0 bridgehead atoms. The van der Waals surface area contributed by atoms with Gasteiger partial charge in [-0.25, -0.2) is 9.78 Å². The van der Waals surface area contributed by atoms with Crippen LogP contribution < -0.4 is 15.4 Å². The molecule has 0 aliphatic rings. The van der Waals surface area contributed by atoms with E-state index in [9.17, 15) is 4.79 Å². The third-order valence-electron chi connectivity index (χ3n) is 3.29. The number of aromatic nitrogens is 2. The van der Waals surface area contributed by atoms with Gasteiger partial charge in [-0.15, -0.1) is 11.3 Å². The second kappa shape index (κ2) is 8.79. The fourth-order valence-corrected chi connectivity index (χ4v) is 2.85. The van der Waals surface area contributed by atoms with Gasteiger partial charge >= 0.3 is 6.03 Å². The standard InChI is InChI=1S/C18H18N4O2S/c23-18(22-14-5-2-1-3-6-14)20-10-8-15-13-25-17(21-15)12-24-16-7-4-9-19-11-16/h1-7,9,11,13H,8,10,12H2,(H2,20,22,23). The van der Waals surface area contributed by atoms with Crippen LogP contribution in [-0.4, -0.2) is 22.5 Å². The lowest BCUT2D eigenvalue weighted by atomic mass is 10.3. The number of urea groups is 1. The summed E-state index contributed by atoms with van der Waals surface area (Å²) < 4.78 is 5.62. The lowest BCUT2D eigenvalue weighted by Crippen LogP contribution is -2.30. The number of anilines is 1. The predicted molar refractivity (Wildman–Crippen MR) is 97.9 cm³/mol. The summed E-state index contributed by atoms with van der Waals surface area (Å²) in [5, 5.41) is 8.48. The molecule has 2 heterocycles. The predicted octanol–water partition coefficient (Wildman–Crippen LogP) is 3.48. The Morgan fingerprint density at radius 1 is 1.16 bits per heavy atom. The number of benzene rings is 1. The van der Waals surface area contributed by atoms with Gasteiger partial charge in [0.15, 0.2) is 0 Å². The molecule has 3 rings (SSSR count). The highest BCUT2D eigenvalue weighted by Crippen LogP contribution is 2.14. The minimum atomic E-state index is -0.221. The fourth-order valence-electron chi connectivity index (χ4n) is 2.11. The maximum Gasteiger partial charge on any atom is 0.319 e. The number of thiazole rings is 1. The van der Waals surface area contributed by atoms with Crippen LogP contribution >= 0.6 is 11.3 Å². The quantitative estimate of drug-likeness (QED) is 0.681. The van der Waals surface area contributed by atoms with Crippen molar-refractivity contribution in [1.82, 2.24) is 15.3 Å². The summed E-state index contributed by atoms with van der Waals surface area (Å²) in [5.74, 6) is 0.721. The van der Waals surface area contributed by atoms with Crippen LogP contribution in [0, 0.1) is 0 Å². The molecule has 0 aliphatic carbocycles. The Bertz CT molecular complexity index is 793. The highest BCUT2D eigenvalue weighted by Gasteiger charge is 2.05. The zero-order chi connectivity index (χ0) is 17.3. The number of rotatable bonds is 7. The summed E-state index contributed by atoms with van der Waals surface area (Å²) in [5.41, 5.74) is 1.71. The number of amides is 2. The molecule has 0 fully saturated rings. The molecule has 2 N–H and O–H groups in total. The van der Waals surface area contributed by atoms with E-state index in [1.807, 2.05) is 47.8 Å². The fraction of sp³-hybridized carbons (Fsp3) is 0.167. The number of hydrogen-bond acceptors (Lipinski definition) is 5. The molecule has 2 amide bonds. The first-order valence-corrected chi connectivity index (χ1v) is 8.73. The van der Waals surface area contributed by atoms with Gasteiger partial charge in [-0.05, 0) is 24.3 Å². The molecule has 7 heteroatoms. The number of nitrogens with one attached hydrogen (secondary N) is 2. The number of nitrogens with zero attached hydrogens (tertiary/aromatic N) is 2. The van der Waals surface area contributed by atoms with Gasteiger partial charge in [0, 0.05) is 30.2 Å². The van der Waals surface area contributed by atoms with Crippen molar-refractivity contribution in [2.24, 2.45) is 0 Å². The van der Waals surface area contributed by atoms with Crippen molar-refractivity contribution >= 4 is 23.1 Å². The monoisotopic (exact) mass is 354 g/mol. The molecular weight excluding hydrogens is 336 g/mol. The van der Waals surface area contributed by atoms with Crippen molar-refractivity contribution in [2.75, 3.05) is 11.9 Å². The van der Waals surface area contributed by atoms with Crippen LogP contribution in [0.15, 0.2) is 60.2 Å². The Kier molecular flexibility index (Phi) is 5.95. The summed E-state index contributed by atoms with van der Waals surface area (Å²) in [4.78, 5) is 20.3. The van der Waals surface area contributed by atoms with E-state index in [4.69, 9.17) is 4.74 Å². The first-order chi connectivity index (χ1) is 12.3. The average molecular weight is 354 g/mol. The van der Waals surface area contributed by atoms with Crippen molar-refractivity contribution in [3.05, 3.63) is 70.9 Å². The zero-order valence-corrected chi connectivity index (χ0v) is 14.3. The number of carbonyl (C=O) groups is 1. The van der Waals surface area contributed by atoms with Gasteiger partial charge in [0.1, 0.15) is 17.4 Å². The molecule has 0 spiro atoms. The van der Waals surface area contributed by atoms with E-state index in [1.165, 1.54) is 0 Å². The summed E-state index contributed by atoms with van der Waals surface area (Å²) in [7, 11) is 0. The van der Waals surface area contributed by atoms with Crippen LogP contribution in [0.1, 0.15) is 10.7 Å². The highest BCUT2D eigenvalue weighted by molar-refractivity contribution is 7.09. The van der Waals surface area contributed by atoms with Gasteiger partial charge in [0.05, 0.1) is 11.9 Å². The SMILES string of the molecule is O=C(NCCc1csc(COc2cccnc2)n1)Nc1ccccc1. The van der Waals surface area contributed by atoms with Gasteiger partial charge in [-0.1, -0.05) is 18.2 Å². The molecule has 2 aromatic heterocycles. The van der Waals surface area contributed by atoms with Crippen molar-refractivity contribution in [1.29, 1.82) is 0 Å². The van der Waals surface area contributed by atoms with Gasteiger partial charge in [0.2, 0.25) is 0 Å². The van der Waals surface area contributed by atoms with Gasteiger partial charge in [-0.3, -0.25) is 4.98 Å². The van der Waals surface area contributed by atoms with Crippen molar-refractivity contribution in [3.63, 3.8) is 0 Å². The lowest BCUT2D eigenvalue weighted by Gasteiger charge is -2.06. The van der Waals surface area contributed by atoms with E-state index in [-0.39, 0.29) is 6.03 Å². The molecule has 0 atom stereocenters. The maximum atomic E-state index is 11.8. The third kappa shape index (κ3) is 5.58. The van der Waals surface area contributed by atoms with Crippen molar-refractivity contribution < 1.29 is 9.53 Å². The minimum absolute atomic E-state index is 0.221. The van der Waals surface area contributed by atoms with Crippen molar-refractivity contribution in [2.45, 2.75) is 13.0 Å². The van der Waals surface area contributed by atoms with E-state index in [0.717, 1.165) is 22.1 Å². The van der Waals surface area contributed by atoms with E-state index in [0.29, 0.717) is 19.6 Å². The van der Waals surface area contributed by atoms with Crippen LogP contribution in [0.2, 0.25) is 0 Å². The Hall–Kier alpha value is -2.93. The molecule has 0 radical (unpaired) electrons. The summed E-state index contributed by atoms with van der Waals surface area (Å²) >= 11 is 1.55. The van der Waals surface area contributed by atoms with E-state index in [1.54, 1.807) is 23.7 Å². The number of hydrogen-bond donors (Lipinski definition) is 2. The zero-order valence-electron chi connectivity index (χ0n) is 13.5. The molecule has 0 saturated heterocycles. The van der Waals surface area contributed by atoms with Gasteiger partial charge in [-0.2, -0.15) is 0 Å². The molecular formula is C18H18N4O2S. The Balaban J connectivity index is 1.39. The number of para-hydroxylation sites is 1. The Morgan fingerprint density at radius 2 is 2.04 bits per heavy atom. The highest BCUT2D eigenvalue weighted by atomic mass is 32.1. The second-order valence-electron chi connectivity index (χ2n) is 5.21. The second-order valence-corrected chi connectivity index (χ2v) is 6.15. The third-order valence-corrected chi connectivity index (χ3v) is 4.17. The molecule has 25 heavy (non-hydrogen) atoms. The number of pyridine rings is 1. The molecule has 3 aromatic rings. The normalized spacial score (nSPS) is 10.2. The van der Waals surface area contributed by atoms with E-state index >= 15 is 0 Å². The van der Waals surface area contributed by atoms with Crippen molar-refractivity contribution in [3.8, 4) is 5.75 Å². The molecule has 1 aromatic carbocycles. The van der Waals surface area contributed by atoms with E-state index in [2.05, 4.69) is 20.6 Å². The average Bonchev–Trinajstić information content (AvgIpc) is 3.09. The summed E-state index contributed by atoms with van der Waals surface area (Å²) in [6.45, 7) is 0.934. The topological polar surface area (TPSA) is 76.1 Å². The molecule has 6 nitrogen and oxygen atoms in total. The van der Waals surface area contributed by atoms with Crippen LogP contribution in [0.5, 0.6) is 5.75 Å². The van der Waals surface area contributed by atoms with Crippen LogP contribution in [0.3, 0.4) is 0 Å². The molecule has 0 unspecified atom stereocenters. The molecule has 0 saturated carbocycles. The Labute approximate surface area is 149 Å². The summed E-state index contributed by atoms with van der Waals surface area (Å²) in [6.07, 6.45) is 4.05.